The average Bonchev–Trinajstić information content (AvgIpc) is 2.95. The van der Waals surface area contributed by atoms with Crippen molar-refractivity contribution in [1.29, 1.82) is 0 Å². The van der Waals surface area contributed by atoms with E-state index < -0.39 is 16.6 Å². The molecule has 1 amide bonds. The van der Waals surface area contributed by atoms with Crippen LogP contribution in [-0.2, 0) is 4.74 Å². The molecular weight excluding hydrogens is 291 g/mol. The van der Waals surface area contributed by atoms with E-state index in [0.29, 0.717) is 26.3 Å². The molecule has 7 heteroatoms. The number of rotatable bonds is 5. The van der Waals surface area contributed by atoms with Crippen molar-refractivity contribution < 1.29 is 18.8 Å². The molecule has 6 nitrogen and oxygen atoms in total. The summed E-state index contributed by atoms with van der Waals surface area (Å²) in [6.07, 6.45) is 0.855. The molecule has 1 aromatic carbocycles. The summed E-state index contributed by atoms with van der Waals surface area (Å²) in [6.45, 7) is 5.33. The van der Waals surface area contributed by atoms with Crippen LogP contribution in [0.3, 0.4) is 0 Å². The first kappa shape index (κ1) is 16.4. The van der Waals surface area contributed by atoms with Crippen molar-refractivity contribution in [3.05, 3.63) is 39.2 Å². The summed E-state index contributed by atoms with van der Waals surface area (Å²) in [5.41, 5.74) is -0.371. The second-order valence-corrected chi connectivity index (χ2v) is 5.45. The van der Waals surface area contributed by atoms with Crippen LogP contribution in [0.15, 0.2) is 12.1 Å². The Morgan fingerprint density at radius 1 is 1.55 bits per heavy atom. The van der Waals surface area contributed by atoms with Gasteiger partial charge in [0.1, 0.15) is 11.4 Å². The summed E-state index contributed by atoms with van der Waals surface area (Å²) < 4.78 is 18.9. The maximum absolute atomic E-state index is 13.6. The molecule has 22 heavy (non-hydrogen) atoms. The summed E-state index contributed by atoms with van der Waals surface area (Å²) in [6, 6.07) is 2.01. The Morgan fingerprint density at radius 2 is 2.27 bits per heavy atom. The smallest absolute Gasteiger partial charge is 0.285 e. The third kappa shape index (κ3) is 3.41. The molecule has 1 aliphatic rings. The number of nitro benzene ring substituents is 1. The van der Waals surface area contributed by atoms with Crippen molar-refractivity contribution >= 4 is 11.6 Å². The van der Waals surface area contributed by atoms with Gasteiger partial charge in [-0.2, -0.15) is 0 Å². The SMILES string of the molecule is CCN(CC1CCOC1)C(=O)c1cc(F)cc(C)c1[N+](=O)[O-]. The van der Waals surface area contributed by atoms with Gasteiger partial charge < -0.3 is 9.64 Å². The number of carbonyl (C=O) groups excluding carboxylic acids is 1. The largest absolute Gasteiger partial charge is 0.381 e. The van der Waals surface area contributed by atoms with E-state index in [1.807, 2.05) is 0 Å². The van der Waals surface area contributed by atoms with Crippen molar-refractivity contribution in [3.63, 3.8) is 0 Å². The lowest BCUT2D eigenvalue weighted by atomic mass is 10.0. The number of nitro groups is 1. The second kappa shape index (κ2) is 6.83. The van der Waals surface area contributed by atoms with E-state index in [-0.39, 0.29) is 22.7 Å². The van der Waals surface area contributed by atoms with Crippen molar-refractivity contribution in [3.8, 4) is 0 Å². The number of carbonyl (C=O) groups is 1. The number of benzene rings is 1. The standard InChI is InChI=1S/C15H19FN2O4/c1-3-17(8-11-4-5-22-9-11)15(19)13-7-12(16)6-10(2)14(13)18(20)21/h6-7,11H,3-5,8-9H2,1-2H3. The Hall–Kier alpha value is -2.02. The summed E-state index contributed by atoms with van der Waals surface area (Å²) in [5, 5.41) is 11.2. The third-order valence-electron chi connectivity index (χ3n) is 3.85. The van der Waals surface area contributed by atoms with E-state index in [4.69, 9.17) is 4.74 Å². The Morgan fingerprint density at radius 3 is 2.82 bits per heavy atom. The fraction of sp³-hybridized carbons (Fsp3) is 0.533. The normalized spacial score (nSPS) is 17.5. The van der Waals surface area contributed by atoms with Gasteiger partial charge in [0.25, 0.3) is 11.6 Å². The molecule has 1 saturated heterocycles. The van der Waals surface area contributed by atoms with Crippen LogP contribution >= 0.6 is 0 Å². The van der Waals surface area contributed by atoms with Gasteiger partial charge in [-0.25, -0.2) is 4.39 Å². The third-order valence-corrected chi connectivity index (χ3v) is 3.85. The fourth-order valence-corrected chi connectivity index (χ4v) is 2.71. The predicted octanol–water partition coefficient (Wildman–Crippen LogP) is 2.54. The van der Waals surface area contributed by atoms with Gasteiger partial charge in [0, 0.05) is 31.2 Å². The first-order valence-corrected chi connectivity index (χ1v) is 7.25. The Kier molecular flexibility index (Phi) is 5.07. The van der Waals surface area contributed by atoms with Gasteiger partial charge in [0.15, 0.2) is 0 Å². The Labute approximate surface area is 128 Å². The van der Waals surface area contributed by atoms with Crippen LogP contribution in [0.2, 0.25) is 0 Å². The van der Waals surface area contributed by atoms with E-state index in [0.717, 1.165) is 18.6 Å². The lowest BCUT2D eigenvalue weighted by Crippen LogP contribution is -2.36. The van der Waals surface area contributed by atoms with Crippen LogP contribution in [-0.4, -0.2) is 42.0 Å². The molecule has 0 aliphatic carbocycles. The molecule has 0 spiro atoms. The van der Waals surface area contributed by atoms with Gasteiger partial charge in [-0.3, -0.25) is 14.9 Å². The molecule has 0 aromatic heterocycles. The number of aryl methyl sites for hydroxylation is 1. The first-order valence-electron chi connectivity index (χ1n) is 7.25. The molecule has 2 rings (SSSR count). The van der Waals surface area contributed by atoms with Gasteiger partial charge in [0.05, 0.1) is 11.5 Å². The predicted molar refractivity (Wildman–Crippen MR) is 78.3 cm³/mol. The minimum absolute atomic E-state index is 0.147. The zero-order chi connectivity index (χ0) is 16.3. The highest BCUT2D eigenvalue weighted by Crippen LogP contribution is 2.26. The molecule has 120 valence electrons. The number of hydrogen-bond acceptors (Lipinski definition) is 4. The molecule has 1 atom stereocenters. The van der Waals surface area contributed by atoms with E-state index in [1.165, 1.54) is 11.8 Å². The van der Waals surface area contributed by atoms with Gasteiger partial charge in [-0.15, -0.1) is 0 Å². The Bertz CT molecular complexity index is 585. The minimum Gasteiger partial charge on any atom is -0.381 e. The van der Waals surface area contributed by atoms with Crippen LogP contribution < -0.4 is 0 Å². The lowest BCUT2D eigenvalue weighted by Gasteiger charge is -2.24. The highest BCUT2D eigenvalue weighted by molar-refractivity contribution is 5.98. The fourth-order valence-electron chi connectivity index (χ4n) is 2.71. The first-order chi connectivity index (χ1) is 10.4. The van der Waals surface area contributed by atoms with Gasteiger partial charge in [-0.05, 0) is 32.4 Å². The van der Waals surface area contributed by atoms with Crippen LogP contribution in [0.4, 0.5) is 10.1 Å². The molecule has 1 fully saturated rings. The van der Waals surface area contributed by atoms with Crippen molar-refractivity contribution in [2.75, 3.05) is 26.3 Å². The monoisotopic (exact) mass is 310 g/mol. The number of hydrogen-bond donors (Lipinski definition) is 0. The van der Waals surface area contributed by atoms with Gasteiger partial charge in [-0.1, -0.05) is 0 Å². The maximum Gasteiger partial charge on any atom is 0.285 e. The summed E-state index contributed by atoms with van der Waals surface area (Å²) in [7, 11) is 0. The Balaban J connectivity index is 2.31. The van der Waals surface area contributed by atoms with Gasteiger partial charge in [0.2, 0.25) is 0 Å². The van der Waals surface area contributed by atoms with E-state index >= 15 is 0 Å². The molecule has 1 aromatic rings. The molecule has 1 unspecified atom stereocenters. The van der Waals surface area contributed by atoms with Crippen LogP contribution in [0, 0.1) is 28.8 Å². The quantitative estimate of drug-likeness (QED) is 0.619. The van der Waals surface area contributed by atoms with Crippen molar-refractivity contribution in [1.82, 2.24) is 4.90 Å². The molecule has 0 bridgehead atoms. The van der Waals surface area contributed by atoms with Crippen molar-refractivity contribution in [2.24, 2.45) is 5.92 Å². The molecule has 0 radical (unpaired) electrons. The van der Waals surface area contributed by atoms with Crippen LogP contribution in [0.1, 0.15) is 29.3 Å². The molecule has 0 N–H and O–H groups in total. The number of ether oxygens (including phenoxy) is 1. The highest BCUT2D eigenvalue weighted by atomic mass is 19.1. The molecular formula is C15H19FN2O4. The van der Waals surface area contributed by atoms with Gasteiger partial charge >= 0.3 is 0 Å². The van der Waals surface area contributed by atoms with Crippen LogP contribution in [0.5, 0.6) is 0 Å². The summed E-state index contributed by atoms with van der Waals surface area (Å²) >= 11 is 0. The lowest BCUT2D eigenvalue weighted by molar-refractivity contribution is -0.385. The highest BCUT2D eigenvalue weighted by Gasteiger charge is 2.29. The maximum atomic E-state index is 13.6. The van der Waals surface area contributed by atoms with E-state index in [2.05, 4.69) is 0 Å². The molecule has 1 heterocycles. The number of halogens is 1. The van der Waals surface area contributed by atoms with E-state index in [1.54, 1.807) is 6.92 Å². The van der Waals surface area contributed by atoms with Crippen molar-refractivity contribution in [2.45, 2.75) is 20.3 Å². The summed E-state index contributed by atoms with van der Waals surface area (Å²) in [4.78, 5) is 24.7. The molecule has 1 aliphatic heterocycles. The second-order valence-electron chi connectivity index (χ2n) is 5.45. The van der Waals surface area contributed by atoms with E-state index in [9.17, 15) is 19.3 Å². The average molecular weight is 310 g/mol. The minimum atomic E-state index is -0.647. The molecule has 0 saturated carbocycles. The number of nitrogens with zero attached hydrogens (tertiary/aromatic N) is 2. The zero-order valence-electron chi connectivity index (χ0n) is 12.7. The van der Waals surface area contributed by atoms with Crippen LogP contribution in [0.25, 0.3) is 0 Å². The zero-order valence-corrected chi connectivity index (χ0v) is 12.7. The number of amides is 1. The summed E-state index contributed by atoms with van der Waals surface area (Å²) in [5.74, 6) is -0.937. The topological polar surface area (TPSA) is 72.7 Å².